The molecule has 0 unspecified atom stereocenters. The van der Waals surface area contributed by atoms with Crippen molar-refractivity contribution in [2.75, 3.05) is 13.1 Å². The molecule has 4 nitrogen and oxygen atoms in total. The van der Waals surface area contributed by atoms with E-state index in [1.807, 2.05) is 35.2 Å². The molecule has 0 spiro atoms. The van der Waals surface area contributed by atoms with Crippen molar-refractivity contribution < 1.29 is 15.0 Å². The number of hydrogen-bond donors (Lipinski definition) is 2. The molecule has 1 aliphatic heterocycles. The molecule has 0 bridgehead atoms. The quantitative estimate of drug-likeness (QED) is 0.833. The van der Waals surface area contributed by atoms with E-state index >= 15 is 0 Å². The minimum absolute atomic E-state index is 0.0756. The standard InChI is InChI=1S/C14H19NO3/c16-13(11-5-2-1-3-6-11)9-12-7-4-8-15(12)10-14(17)18/h1-3,5-6,12-13,16H,4,7-10H2,(H,17,18)/t12-,13+/m1/s1. The Balaban J connectivity index is 1.94. The molecule has 0 aliphatic carbocycles. The van der Waals surface area contributed by atoms with Gasteiger partial charge in [-0.3, -0.25) is 9.69 Å². The Hall–Kier alpha value is -1.39. The van der Waals surface area contributed by atoms with Gasteiger partial charge in [-0.1, -0.05) is 30.3 Å². The van der Waals surface area contributed by atoms with Gasteiger partial charge < -0.3 is 10.2 Å². The fourth-order valence-corrected chi connectivity index (χ4v) is 2.61. The van der Waals surface area contributed by atoms with Crippen LogP contribution in [-0.2, 0) is 4.79 Å². The van der Waals surface area contributed by atoms with Gasteiger partial charge in [0, 0.05) is 6.04 Å². The summed E-state index contributed by atoms with van der Waals surface area (Å²) in [6.07, 6.45) is 2.08. The van der Waals surface area contributed by atoms with Crippen molar-refractivity contribution in [3.05, 3.63) is 35.9 Å². The van der Waals surface area contributed by atoms with Crippen LogP contribution in [0.1, 0.15) is 30.9 Å². The predicted molar refractivity (Wildman–Crippen MR) is 68.2 cm³/mol. The molecule has 2 atom stereocenters. The van der Waals surface area contributed by atoms with E-state index in [-0.39, 0.29) is 12.6 Å². The summed E-state index contributed by atoms with van der Waals surface area (Å²) in [5, 5.41) is 19.0. The molecule has 1 saturated heterocycles. The van der Waals surface area contributed by atoms with Crippen LogP contribution in [0.4, 0.5) is 0 Å². The number of carboxylic acid groups (broad SMARTS) is 1. The Kier molecular flexibility index (Phi) is 4.33. The summed E-state index contributed by atoms with van der Waals surface area (Å²) in [5.74, 6) is -0.795. The highest BCUT2D eigenvalue weighted by atomic mass is 16.4. The average Bonchev–Trinajstić information content (AvgIpc) is 2.77. The van der Waals surface area contributed by atoms with Gasteiger partial charge in [-0.2, -0.15) is 0 Å². The molecule has 1 aromatic carbocycles. The highest BCUT2D eigenvalue weighted by Gasteiger charge is 2.28. The molecule has 1 aliphatic rings. The number of rotatable bonds is 5. The fourth-order valence-electron chi connectivity index (χ4n) is 2.61. The van der Waals surface area contributed by atoms with E-state index in [4.69, 9.17) is 5.11 Å². The predicted octanol–water partition coefficient (Wildman–Crippen LogP) is 1.66. The SMILES string of the molecule is O=C(O)CN1CCC[C@@H]1C[C@H](O)c1ccccc1. The van der Waals surface area contributed by atoms with Crippen LogP contribution in [0.5, 0.6) is 0 Å². The molecule has 1 fully saturated rings. The maximum absolute atomic E-state index is 10.8. The zero-order valence-electron chi connectivity index (χ0n) is 10.3. The first kappa shape index (κ1) is 13.1. The number of aliphatic carboxylic acids is 1. The third kappa shape index (κ3) is 3.31. The van der Waals surface area contributed by atoms with Crippen LogP contribution in [0.25, 0.3) is 0 Å². The van der Waals surface area contributed by atoms with Crippen LogP contribution in [0.3, 0.4) is 0 Å². The first-order valence-electron chi connectivity index (χ1n) is 6.35. The maximum Gasteiger partial charge on any atom is 0.317 e. The number of hydrogen-bond acceptors (Lipinski definition) is 3. The monoisotopic (exact) mass is 249 g/mol. The van der Waals surface area contributed by atoms with E-state index in [1.165, 1.54) is 0 Å². The summed E-state index contributed by atoms with van der Waals surface area (Å²) in [5.41, 5.74) is 0.902. The normalized spacial score (nSPS) is 21.9. The van der Waals surface area contributed by atoms with Gasteiger partial charge in [-0.05, 0) is 31.4 Å². The summed E-state index contributed by atoms with van der Waals surface area (Å²) in [6, 6.07) is 9.71. The van der Waals surface area contributed by atoms with Crippen molar-refractivity contribution >= 4 is 5.97 Å². The Morgan fingerprint density at radius 3 is 2.78 bits per heavy atom. The van der Waals surface area contributed by atoms with Crippen molar-refractivity contribution in [3.8, 4) is 0 Å². The lowest BCUT2D eigenvalue weighted by molar-refractivity contribution is -0.138. The first-order valence-corrected chi connectivity index (χ1v) is 6.35. The molecule has 2 N–H and O–H groups in total. The molecule has 4 heteroatoms. The number of aliphatic hydroxyl groups is 1. The molecule has 1 aromatic rings. The number of aliphatic hydroxyl groups excluding tert-OH is 1. The molecule has 0 radical (unpaired) electrons. The zero-order chi connectivity index (χ0) is 13.0. The summed E-state index contributed by atoms with van der Waals surface area (Å²) in [6.45, 7) is 0.894. The lowest BCUT2D eigenvalue weighted by Gasteiger charge is -2.24. The Morgan fingerprint density at radius 1 is 1.39 bits per heavy atom. The van der Waals surface area contributed by atoms with Gasteiger partial charge >= 0.3 is 5.97 Å². The smallest absolute Gasteiger partial charge is 0.317 e. The summed E-state index contributed by atoms with van der Waals surface area (Å²) in [4.78, 5) is 12.7. The van der Waals surface area contributed by atoms with Crippen LogP contribution >= 0.6 is 0 Å². The third-order valence-electron chi connectivity index (χ3n) is 3.52. The maximum atomic E-state index is 10.8. The van der Waals surface area contributed by atoms with Gasteiger partial charge in [0.25, 0.3) is 0 Å². The van der Waals surface area contributed by atoms with Gasteiger partial charge in [-0.15, -0.1) is 0 Å². The van der Waals surface area contributed by atoms with Crippen molar-refractivity contribution in [1.29, 1.82) is 0 Å². The van der Waals surface area contributed by atoms with Crippen molar-refractivity contribution in [1.82, 2.24) is 4.90 Å². The van der Waals surface area contributed by atoms with Crippen molar-refractivity contribution in [3.63, 3.8) is 0 Å². The molecule has 2 rings (SSSR count). The lowest BCUT2D eigenvalue weighted by atomic mass is 10.0. The second kappa shape index (κ2) is 5.98. The minimum atomic E-state index is -0.795. The number of nitrogens with zero attached hydrogens (tertiary/aromatic N) is 1. The number of benzene rings is 1. The van der Waals surface area contributed by atoms with E-state index < -0.39 is 12.1 Å². The molecule has 0 aromatic heterocycles. The van der Waals surface area contributed by atoms with Crippen LogP contribution in [-0.4, -0.2) is 40.2 Å². The van der Waals surface area contributed by atoms with Crippen LogP contribution in [0.2, 0.25) is 0 Å². The lowest BCUT2D eigenvalue weighted by Crippen LogP contribution is -2.35. The van der Waals surface area contributed by atoms with E-state index in [0.717, 1.165) is 24.9 Å². The topological polar surface area (TPSA) is 60.8 Å². The summed E-state index contributed by atoms with van der Waals surface area (Å²) in [7, 11) is 0. The molecule has 1 heterocycles. The van der Waals surface area contributed by atoms with Gasteiger partial charge in [0.1, 0.15) is 0 Å². The molecular weight excluding hydrogens is 230 g/mol. The Labute approximate surface area is 107 Å². The summed E-state index contributed by atoms with van der Waals surface area (Å²) < 4.78 is 0. The highest BCUT2D eigenvalue weighted by molar-refractivity contribution is 5.69. The van der Waals surface area contributed by atoms with Crippen LogP contribution in [0.15, 0.2) is 30.3 Å². The minimum Gasteiger partial charge on any atom is -0.480 e. The zero-order valence-corrected chi connectivity index (χ0v) is 10.3. The molecule has 98 valence electrons. The van der Waals surface area contributed by atoms with E-state index in [2.05, 4.69) is 0 Å². The number of carboxylic acids is 1. The Bertz CT molecular complexity index is 393. The van der Waals surface area contributed by atoms with Crippen molar-refractivity contribution in [2.24, 2.45) is 0 Å². The largest absolute Gasteiger partial charge is 0.480 e. The van der Waals surface area contributed by atoms with Gasteiger partial charge in [-0.25, -0.2) is 0 Å². The van der Waals surface area contributed by atoms with E-state index in [1.54, 1.807) is 0 Å². The average molecular weight is 249 g/mol. The van der Waals surface area contributed by atoms with Crippen LogP contribution in [0, 0.1) is 0 Å². The molecule has 0 amide bonds. The summed E-state index contributed by atoms with van der Waals surface area (Å²) >= 11 is 0. The first-order chi connectivity index (χ1) is 8.66. The number of carbonyl (C=O) groups is 1. The van der Waals surface area contributed by atoms with Crippen molar-refractivity contribution in [2.45, 2.75) is 31.4 Å². The second-order valence-corrected chi connectivity index (χ2v) is 4.82. The number of likely N-dealkylation sites (tertiary alicyclic amines) is 1. The second-order valence-electron chi connectivity index (χ2n) is 4.82. The highest BCUT2D eigenvalue weighted by Crippen LogP contribution is 2.26. The third-order valence-corrected chi connectivity index (χ3v) is 3.52. The Morgan fingerprint density at radius 2 is 2.11 bits per heavy atom. The van der Waals surface area contributed by atoms with Crippen LogP contribution < -0.4 is 0 Å². The van der Waals surface area contributed by atoms with E-state index in [0.29, 0.717) is 6.42 Å². The molecule has 0 saturated carbocycles. The van der Waals surface area contributed by atoms with Gasteiger partial charge in [0.05, 0.1) is 12.6 Å². The molecular formula is C14H19NO3. The fraction of sp³-hybridized carbons (Fsp3) is 0.500. The van der Waals surface area contributed by atoms with Gasteiger partial charge in [0.15, 0.2) is 0 Å². The van der Waals surface area contributed by atoms with E-state index in [9.17, 15) is 9.90 Å². The van der Waals surface area contributed by atoms with Gasteiger partial charge in [0.2, 0.25) is 0 Å². The molecule has 18 heavy (non-hydrogen) atoms.